The van der Waals surface area contributed by atoms with Crippen LogP contribution >= 0.6 is 11.3 Å². The van der Waals surface area contributed by atoms with E-state index in [2.05, 4.69) is 10.3 Å². The molecule has 1 amide bonds. The molecule has 2 rings (SSSR count). The molecule has 3 nitrogen and oxygen atoms in total. The summed E-state index contributed by atoms with van der Waals surface area (Å²) in [5.41, 5.74) is 0.971. The third-order valence-electron chi connectivity index (χ3n) is 2.83. The van der Waals surface area contributed by atoms with Gasteiger partial charge in [0.15, 0.2) is 5.13 Å². The molecule has 1 aliphatic rings. The van der Waals surface area contributed by atoms with Gasteiger partial charge < -0.3 is 5.32 Å². The quantitative estimate of drug-likeness (QED) is 0.867. The fourth-order valence-electron chi connectivity index (χ4n) is 1.98. The maximum Gasteiger partial charge on any atom is 0.229 e. The van der Waals surface area contributed by atoms with Crippen LogP contribution in [0.4, 0.5) is 5.13 Å². The van der Waals surface area contributed by atoms with Crippen LogP contribution in [-0.2, 0) is 4.79 Å². The van der Waals surface area contributed by atoms with E-state index < -0.39 is 0 Å². The molecule has 1 N–H and O–H groups in total. The summed E-state index contributed by atoms with van der Waals surface area (Å²) in [4.78, 5) is 16.1. The molecule has 96 valence electrons. The van der Waals surface area contributed by atoms with Crippen LogP contribution in [-0.4, -0.2) is 10.9 Å². The number of anilines is 1. The minimum atomic E-state index is 0.157. The zero-order valence-corrected chi connectivity index (χ0v) is 11.8. The Labute approximate surface area is 108 Å². The molecule has 0 bridgehead atoms. The van der Waals surface area contributed by atoms with Crippen molar-refractivity contribution in [3.63, 3.8) is 0 Å². The van der Waals surface area contributed by atoms with Gasteiger partial charge in [0.1, 0.15) is 0 Å². The van der Waals surface area contributed by atoms with E-state index in [1.807, 2.05) is 26.2 Å². The zero-order chi connectivity index (χ0) is 12.7. The molecule has 1 fully saturated rings. The predicted octanol–water partition coefficient (Wildman–Crippen LogP) is 4.00. The summed E-state index contributed by atoms with van der Waals surface area (Å²) in [6, 6.07) is 0. The van der Waals surface area contributed by atoms with Crippen molar-refractivity contribution in [2.24, 2.45) is 5.92 Å². The summed E-state index contributed by atoms with van der Waals surface area (Å²) >= 11 is 1.50. The van der Waals surface area contributed by atoms with E-state index in [1.54, 1.807) is 0 Å². The highest BCUT2D eigenvalue weighted by Gasteiger charge is 2.21. The fraction of sp³-hybridized carbons (Fsp3) is 0.692. The molecule has 1 aliphatic carbocycles. The lowest BCUT2D eigenvalue weighted by atomic mass is 9.89. The molecule has 0 aliphatic heterocycles. The molecule has 0 saturated heterocycles. The van der Waals surface area contributed by atoms with Crippen LogP contribution in [0.1, 0.15) is 51.6 Å². The fourth-order valence-corrected chi connectivity index (χ4v) is 2.67. The third kappa shape index (κ3) is 4.46. The Morgan fingerprint density at radius 1 is 1.35 bits per heavy atom. The van der Waals surface area contributed by atoms with Crippen LogP contribution in [0.25, 0.3) is 0 Å². The Bertz CT molecular complexity index is 343. The van der Waals surface area contributed by atoms with Crippen molar-refractivity contribution in [2.45, 2.75) is 52.9 Å². The molecule has 0 spiro atoms. The first kappa shape index (κ1) is 14.2. The highest BCUT2D eigenvalue weighted by Crippen LogP contribution is 2.25. The van der Waals surface area contributed by atoms with Crippen LogP contribution < -0.4 is 5.32 Å². The van der Waals surface area contributed by atoms with Gasteiger partial charge in [0.05, 0.1) is 5.69 Å². The average Bonchev–Trinajstić information content (AvgIpc) is 2.78. The lowest BCUT2D eigenvalue weighted by molar-refractivity contribution is -0.120. The van der Waals surface area contributed by atoms with Gasteiger partial charge in [-0.05, 0) is 19.8 Å². The topological polar surface area (TPSA) is 42.0 Å². The highest BCUT2D eigenvalue weighted by molar-refractivity contribution is 7.13. The molecule has 0 aromatic carbocycles. The molecule has 1 aromatic rings. The number of rotatable bonds is 2. The molecule has 0 radical (unpaired) electrons. The molecule has 0 atom stereocenters. The first-order valence-corrected chi connectivity index (χ1v) is 7.36. The van der Waals surface area contributed by atoms with Gasteiger partial charge in [0.25, 0.3) is 0 Å². The monoisotopic (exact) mass is 254 g/mol. The summed E-state index contributed by atoms with van der Waals surface area (Å²) in [5, 5.41) is 5.59. The molecular weight excluding hydrogens is 232 g/mol. The van der Waals surface area contributed by atoms with Crippen molar-refractivity contribution >= 4 is 22.4 Å². The van der Waals surface area contributed by atoms with Crippen LogP contribution in [0.3, 0.4) is 0 Å². The summed E-state index contributed by atoms with van der Waals surface area (Å²) in [6.07, 6.45) is 5.73. The number of carbonyl (C=O) groups is 1. The van der Waals surface area contributed by atoms with Gasteiger partial charge in [0, 0.05) is 11.3 Å². The summed E-state index contributed by atoms with van der Waals surface area (Å²) < 4.78 is 0. The van der Waals surface area contributed by atoms with E-state index in [4.69, 9.17) is 0 Å². The van der Waals surface area contributed by atoms with Crippen molar-refractivity contribution in [3.8, 4) is 0 Å². The van der Waals surface area contributed by atoms with Gasteiger partial charge in [-0.1, -0.05) is 33.1 Å². The highest BCUT2D eigenvalue weighted by atomic mass is 32.1. The molecule has 1 saturated carbocycles. The van der Waals surface area contributed by atoms with Gasteiger partial charge >= 0.3 is 0 Å². The molecule has 1 heterocycles. The Hall–Kier alpha value is -0.900. The largest absolute Gasteiger partial charge is 0.302 e. The lowest BCUT2D eigenvalue weighted by Crippen LogP contribution is -2.24. The smallest absolute Gasteiger partial charge is 0.229 e. The standard InChI is InChI=1S/C11H16N2OS.C2H6/c1-8-7-15-11(12-8)13-10(14)9-5-3-2-4-6-9;1-2/h7,9H,2-6H2,1H3,(H,12,13,14);1-2H3. The number of carbonyl (C=O) groups excluding carboxylic acids is 1. The number of thiazole rings is 1. The minimum absolute atomic E-state index is 0.157. The maximum atomic E-state index is 11.8. The molecule has 0 unspecified atom stereocenters. The number of hydrogen-bond donors (Lipinski definition) is 1. The van der Waals surface area contributed by atoms with E-state index >= 15 is 0 Å². The summed E-state index contributed by atoms with van der Waals surface area (Å²) in [6.45, 7) is 5.94. The molecule has 4 heteroatoms. The zero-order valence-electron chi connectivity index (χ0n) is 11.0. The summed E-state index contributed by atoms with van der Waals surface area (Å²) in [5.74, 6) is 0.368. The van der Waals surface area contributed by atoms with Gasteiger partial charge in [-0.25, -0.2) is 4.98 Å². The third-order valence-corrected chi connectivity index (χ3v) is 3.70. The summed E-state index contributed by atoms with van der Waals surface area (Å²) in [7, 11) is 0. The number of aromatic nitrogens is 1. The number of aryl methyl sites for hydroxylation is 1. The van der Waals surface area contributed by atoms with Crippen LogP contribution in [0.5, 0.6) is 0 Å². The van der Waals surface area contributed by atoms with Crippen LogP contribution in [0.2, 0.25) is 0 Å². The first-order valence-electron chi connectivity index (χ1n) is 6.49. The maximum absolute atomic E-state index is 11.8. The second-order valence-corrected chi connectivity index (χ2v) is 4.98. The molecule has 17 heavy (non-hydrogen) atoms. The van der Waals surface area contributed by atoms with Crippen molar-refractivity contribution in [1.29, 1.82) is 0 Å². The van der Waals surface area contributed by atoms with Crippen molar-refractivity contribution < 1.29 is 4.79 Å². The van der Waals surface area contributed by atoms with E-state index in [0.717, 1.165) is 23.7 Å². The van der Waals surface area contributed by atoms with E-state index in [-0.39, 0.29) is 11.8 Å². The average molecular weight is 254 g/mol. The second kappa shape index (κ2) is 7.43. The van der Waals surface area contributed by atoms with Gasteiger partial charge in [-0.2, -0.15) is 0 Å². The Morgan fingerprint density at radius 2 is 2.00 bits per heavy atom. The number of hydrogen-bond acceptors (Lipinski definition) is 3. The first-order chi connectivity index (χ1) is 8.25. The normalized spacial score (nSPS) is 15.9. The van der Waals surface area contributed by atoms with Crippen LogP contribution in [0, 0.1) is 12.8 Å². The SMILES string of the molecule is CC.Cc1csc(NC(=O)C2CCCCC2)n1. The minimum Gasteiger partial charge on any atom is -0.302 e. The van der Waals surface area contributed by atoms with Crippen molar-refractivity contribution in [2.75, 3.05) is 5.32 Å². The van der Waals surface area contributed by atoms with E-state index in [0.29, 0.717) is 0 Å². The Morgan fingerprint density at radius 3 is 2.53 bits per heavy atom. The Kier molecular flexibility index (Phi) is 6.19. The van der Waals surface area contributed by atoms with Crippen molar-refractivity contribution in [1.82, 2.24) is 4.98 Å². The van der Waals surface area contributed by atoms with E-state index in [1.165, 1.54) is 30.6 Å². The second-order valence-electron chi connectivity index (χ2n) is 4.12. The number of nitrogens with zero attached hydrogens (tertiary/aromatic N) is 1. The van der Waals surface area contributed by atoms with Gasteiger partial charge in [-0.3, -0.25) is 4.79 Å². The lowest BCUT2D eigenvalue weighted by Gasteiger charge is -2.19. The predicted molar refractivity (Wildman–Crippen MR) is 73.4 cm³/mol. The number of amides is 1. The molecular formula is C13H22N2OS. The van der Waals surface area contributed by atoms with Gasteiger partial charge in [-0.15, -0.1) is 11.3 Å². The van der Waals surface area contributed by atoms with E-state index in [9.17, 15) is 4.79 Å². The van der Waals surface area contributed by atoms with Crippen LogP contribution in [0.15, 0.2) is 5.38 Å². The Balaban J connectivity index is 0.000000686. The van der Waals surface area contributed by atoms with Crippen molar-refractivity contribution in [3.05, 3.63) is 11.1 Å². The molecule has 1 aromatic heterocycles. The number of nitrogens with one attached hydrogen (secondary N) is 1. The van der Waals surface area contributed by atoms with Gasteiger partial charge in [0.2, 0.25) is 5.91 Å².